The van der Waals surface area contributed by atoms with Crippen molar-refractivity contribution in [3.63, 3.8) is 0 Å². The van der Waals surface area contributed by atoms with Crippen LogP contribution in [0.5, 0.6) is 0 Å². The Bertz CT molecular complexity index is 391. The Balaban J connectivity index is 1.68. The molecule has 0 aromatic heterocycles. The highest BCUT2D eigenvalue weighted by molar-refractivity contribution is 5.40. The first-order chi connectivity index (χ1) is 7.84. The molecule has 0 heteroatoms. The quantitative estimate of drug-likeness (QED) is 0.534. The molecule has 5 rings (SSSR count). The third-order valence-corrected chi connectivity index (χ3v) is 7.12. The minimum absolute atomic E-state index is 1.03. The van der Waals surface area contributed by atoms with Crippen LogP contribution in [0, 0.1) is 41.4 Å². The molecule has 0 amide bonds. The molecule has 0 saturated heterocycles. The Hall–Kier alpha value is -0.260. The summed E-state index contributed by atoms with van der Waals surface area (Å²) in [6.07, 6.45) is 9.34. The Morgan fingerprint density at radius 2 is 1.62 bits per heavy atom. The van der Waals surface area contributed by atoms with Crippen LogP contribution >= 0.6 is 0 Å². The van der Waals surface area contributed by atoms with Gasteiger partial charge in [0.05, 0.1) is 0 Å². The molecule has 5 aliphatic carbocycles. The lowest BCUT2D eigenvalue weighted by Crippen LogP contribution is -2.30. The topological polar surface area (TPSA) is 0 Å². The van der Waals surface area contributed by atoms with Crippen molar-refractivity contribution in [2.45, 2.75) is 45.4 Å². The fraction of sp³-hybridized carbons (Fsp3) is 0.875. The molecule has 0 aromatic carbocycles. The van der Waals surface area contributed by atoms with E-state index < -0.39 is 0 Å². The van der Waals surface area contributed by atoms with Crippen LogP contribution in [0.15, 0.2) is 11.1 Å². The van der Waals surface area contributed by atoms with Crippen molar-refractivity contribution >= 4 is 0 Å². The van der Waals surface area contributed by atoms with E-state index in [0.717, 1.165) is 41.4 Å². The molecular weight excluding hydrogens is 192 g/mol. The van der Waals surface area contributed by atoms with Gasteiger partial charge in [-0.25, -0.2) is 0 Å². The van der Waals surface area contributed by atoms with E-state index in [9.17, 15) is 0 Å². The van der Waals surface area contributed by atoms with Crippen LogP contribution in [0.1, 0.15) is 45.4 Å². The number of hydrogen-bond donors (Lipinski definition) is 0. The van der Waals surface area contributed by atoms with Gasteiger partial charge in [-0.3, -0.25) is 0 Å². The molecule has 5 aliphatic rings. The van der Waals surface area contributed by atoms with Crippen LogP contribution in [0.25, 0.3) is 0 Å². The zero-order valence-electron chi connectivity index (χ0n) is 10.3. The van der Waals surface area contributed by atoms with Crippen LogP contribution < -0.4 is 0 Å². The van der Waals surface area contributed by atoms with Crippen molar-refractivity contribution in [1.29, 1.82) is 0 Å². The van der Waals surface area contributed by atoms with Gasteiger partial charge in [0.1, 0.15) is 0 Å². The zero-order valence-corrected chi connectivity index (χ0v) is 10.3. The Kier molecular flexibility index (Phi) is 1.42. The second-order valence-electron chi connectivity index (χ2n) is 7.40. The molecule has 16 heavy (non-hydrogen) atoms. The summed E-state index contributed by atoms with van der Waals surface area (Å²) in [6, 6.07) is 0. The largest absolute Gasteiger partial charge is 0.0698 e. The van der Waals surface area contributed by atoms with E-state index in [1.165, 1.54) is 12.8 Å². The van der Waals surface area contributed by atoms with Crippen molar-refractivity contribution in [2.24, 2.45) is 41.4 Å². The molecule has 0 radical (unpaired) electrons. The lowest BCUT2D eigenvalue weighted by Gasteiger charge is -2.38. The Morgan fingerprint density at radius 1 is 0.812 bits per heavy atom. The Labute approximate surface area is 98.5 Å². The van der Waals surface area contributed by atoms with Crippen molar-refractivity contribution < 1.29 is 0 Å². The summed E-state index contributed by atoms with van der Waals surface area (Å²) in [5.41, 5.74) is 4.04. The number of hydrogen-bond acceptors (Lipinski definition) is 0. The molecule has 7 atom stereocenters. The maximum absolute atomic E-state index is 2.54. The van der Waals surface area contributed by atoms with Crippen molar-refractivity contribution in [3.05, 3.63) is 11.1 Å². The highest BCUT2D eigenvalue weighted by Gasteiger charge is 2.62. The van der Waals surface area contributed by atoms with Gasteiger partial charge in [0.15, 0.2) is 0 Å². The molecule has 0 aliphatic heterocycles. The van der Waals surface area contributed by atoms with Crippen molar-refractivity contribution in [2.75, 3.05) is 0 Å². The molecule has 0 bridgehead atoms. The second kappa shape index (κ2) is 2.60. The summed E-state index contributed by atoms with van der Waals surface area (Å²) < 4.78 is 0. The van der Waals surface area contributed by atoms with E-state index in [1.54, 1.807) is 25.7 Å². The summed E-state index contributed by atoms with van der Waals surface area (Å²) in [4.78, 5) is 0. The summed E-state index contributed by atoms with van der Waals surface area (Å²) in [5.74, 6) is 7.75. The lowest BCUT2D eigenvalue weighted by atomic mass is 9.67. The van der Waals surface area contributed by atoms with Gasteiger partial charge in [-0.2, -0.15) is 0 Å². The first kappa shape index (κ1) is 8.78. The predicted molar refractivity (Wildman–Crippen MR) is 64.8 cm³/mol. The predicted octanol–water partition coefficient (Wildman–Crippen LogP) is 4.02. The molecule has 0 nitrogen and oxygen atoms in total. The van der Waals surface area contributed by atoms with Gasteiger partial charge in [-0.05, 0) is 73.5 Å². The first-order valence-corrected chi connectivity index (χ1v) is 7.56. The summed E-state index contributed by atoms with van der Waals surface area (Å²) in [6.45, 7) is 2.54. The standard InChI is InChI=1S/C16H22/c1-8-2-4-12-11-5-3-9-6-10-7-13(8)16(12)15(10)14(9)11/h8-9,11-14,16H,2-7H2,1H3. The zero-order chi connectivity index (χ0) is 10.4. The van der Waals surface area contributed by atoms with Gasteiger partial charge >= 0.3 is 0 Å². The van der Waals surface area contributed by atoms with Gasteiger partial charge in [0.2, 0.25) is 0 Å². The minimum Gasteiger partial charge on any atom is -0.0698 e. The monoisotopic (exact) mass is 214 g/mol. The van der Waals surface area contributed by atoms with Crippen molar-refractivity contribution in [1.82, 2.24) is 0 Å². The molecule has 0 spiro atoms. The SMILES string of the molecule is CC1CCC2C3CCC4CC5=C(C43)C2C1C5. The van der Waals surface area contributed by atoms with Gasteiger partial charge < -0.3 is 0 Å². The third-order valence-electron chi connectivity index (χ3n) is 7.12. The van der Waals surface area contributed by atoms with Gasteiger partial charge in [-0.15, -0.1) is 0 Å². The van der Waals surface area contributed by atoms with E-state index in [1.807, 2.05) is 5.57 Å². The van der Waals surface area contributed by atoms with Gasteiger partial charge in [-0.1, -0.05) is 24.5 Å². The van der Waals surface area contributed by atoms with E-state index in [2.05, 4.69) is 12.5 Å². The molecule has 0 heterocycles. The molecule has 3 saturated carbocycles. The highest BCUT2D eigenvalue weighted by atomic mass is 14.7. The average molecular weight is 214 g/mol. The molecule has 0 aromatic rings. The van der Waals surface area contributed by atoms with Gasteiger partial charge in [0, 0.05) is 0 Å². The summed E-state index contributed by atoms with van der Waals surface area (Å²) in [7, 11) is 0. The van der Waals surface area contributed by atoms with Crippen LogP contribution in [-0.2, 0) is 0 Å². The van der Waals surface area contributed by atoms with E-state index >= 15 is 0 Å². The van der Waals surface area contributed by atoms with Crippen LogP contribution in [0.4, 0.5) is 0 Å². The summed E-state index contributed by atoms with van der Waals surface area (Å²) >= 11 is 0. The van der Waals surface area contributed by atoms with E-state index in [0.29, 0.717) is 0 Å². The smallest absolute Gasteiger partial charge is 0.0132 e. The maximum Gasteiger partial charge on any atom is -0.0132 e. The van der Waals surface area contributed by atoms with Crippen LogP contribution in [0.3, 0.4) is 0 Å². The van der Waals surface area contributed by atoms with Crippen molar-refractivity contribution in [3.8, 4) is 0 Å². The number of fused-ring (bicyclic) bond motifs is 1. The van der Waals surface area contributed by atoms with Gasteiger partial charge in [0.25, 0.3) is 0 Å². The summed E-state index contributed by atoms with van der Waals surface area (Å²) in [5, 5.41) is 0. The minimum atomic E-state index is 1.03. The lowest BCUT2D eigenvalue weighted by molar-refractivity contribution is 0.125. The fourth-order valence-electron chi connectivity index (χ4n) is 6.71. The number of rotatable bonds is 0. The number of allylic oxidation sites excluding steroid dienone is 2. The third kappa shape index (κ3) is 0.772. The second-order valence-corrected chi connectivity index (χ2v) is 7.40. The molecule has 86 valence electrons. The molecule has 7 unspecified atom stereocenters. The van der Waals surface area contributed by atoms with E-state index in [-0.39, 0.29) is 0 Å². The molecule has 0 N–H and O–H groups in total. The maximum atomic E-state index is 2.54. The molecule has 3 fully saturated rings. The Morgan fingerprint density at radius 3 is 2.56 bits per heavy atom. The molecular formula is C16H22. The van der Waals surface area contributed by atoms with Crippen LogP contribution in [-0.4, -0.2) is 0 Å². The average Bonchev–Trinajstić information content (AvgIpc) is 2.91. The van der Waals surface area contributed by atoms with E-state index in [4.69, 9.17) is 0 Å². The first-order valence-electron chi connectivity index (χ1n) is 7.56. The van der Waals surface area contributed by atoms with Crippen LogP contribution in [0.2, 0.25) is 0 Å². The normalized spacial score (nSPS) is 60.9. The highest BCUT2D eigenvalue weighted by Crippen LogP contribution is 2.71. The fourth-order valence-corrected chi connectivity index (χ4v) is 6.71.